The van der Waals surface area contributed by atoms with Crippen LogP contribution in [0.5, 0.6) is 5.75 Å². The lowest BCUT2D eigenvalue weighted by molar-refractivity contribution is -0.133. The van der Waals surface area contributed by atoms with Crippen molar-refractivity contribution in [3.63, 3.8) is 0 Å². The number of hydrogen-bond donors (Lipinski definition) is 2. The van der Waals surface area contributed by atoms with Crippen molar-refractivity contribution in [3.05, 3.63) is 53.3 Å². The van der Waals surface area contributed by atoms with E-state index in [1.807, 2.05) is 5.32 Å². The molecule has 0 aromatic heterocycles. The second-order valence-corrected chi connectivity index (χ2v) is 4.83. The third kappa shape index (κ3) is 3.65. The first-order valence-electron chi connectivity index (χ1n) is 6.74. The van der Waals surface area contributed by atoms with Crippen molar-refractivity contribution < 1.29 is 27.5 Å². The summed E-state index contributed by atoms with van der Waals surface area (Å²) in [6, 6.07) is 6.35. The molecule has 2 amide bonds. The highest BCUT2D eigenvalue weighted by Gasteiger charge is 2.20. The van der Waals surface area contributed by atoms with Gasteiger partial charge >= 0.3 is 11.8 Å². The van der Waals surface area contributed by atoms with Crippen LogP contribution in [0.1, 0.15) is 5.56 Å². The highest BCUT2D eigenvalue weighted by Crippen LogP contribution is 2.25. The molecule has 0 saturated heterocycles. The van der Waals surface area contributed by atoms with Gasteiger partial charge in [0, 0.05) is 0 Å². The van der Waals surface area contributed by atoms with E-state index in [1.54, 1.807) is 25.1 Å². The molecule has 0 unspecified atom stereocenters. The Hall–Kier alpha value is -3.03. The second-order valence-electron chi connectivity index (χ2n) is 4.83. The van der Waals surface area contributed by atoms with Gasteiger partial charge < -0.3 is 15.4 Å². The fourth-order valence-electron chi connectivity index (χ4n) is 1.90. The number of halogens is 3. The van der Waals surface area contributed by atoms with E-state index < -0.39 is 35.0 Å². The van der Waals surface area contributed by atoms with Gasteiger partial charge in [-0.15, -0.1) is 0 Å². The lowest BCUT2D eigenvalue weighted by Crippen LogP contribution is -2.29. The number of aryl methyl sites for hydroxylation is 1. The minimum atomic E-state index is -1.74. The standard InChI is InChI=1S/C16H13F3N2O3/c1-8-3-6-12(24-2)11(7-8)21-16(23)15(22)20-10-5-4-9(17)13(18)14(10)19/h3-7H,1-2H3,(H,20,22)(H,21,23). The van der Waals surface area contributed by atoms with Crippen LogP contribution in [0, 0.1) is 24.4 Å². The molecule has 0 aliphatic rings. The molecule has 0 radical (unpaired) electrons. The number of rotatable bonds is 3. The molecular formula is C16H13F3N2O3. The molecule has 0 aliphatic carbocycles. The normalized spacial score (nSPS) is 10.2. The van der Waals surface area contributed by atoms with E-state index >= 15 is 0 Å². The van der Waals surface area contributed by atoms with Gasteiger partial charge in [-0.25, -0.2) is 13.2 Å². The van der Waals surface area contributed by atoms with E-state index in [9.17, 15) is 22.8 Å². The van der Waals surface area contributed by atoms with Crippen LogP contribution in [0.4, 0.5) is 24.5 Å². The average molecular weight is 338 g/mol. The summed E-state index contributed by atoms with van der Waals surface area (Å²) >= 11 is 0. The predicted molar refractivity (Wildman–Crippen MR) is 81.3 cm³/mol. The van der Waals surface area contributed by atoms with Gasteiger partial charge in [-0.05, 0) is 36.8 Å². The molecule has 8 heteroatoms. The van der Waals surface area contributed by atoms with Gasteiger partial charge in [-0.2, -0.15) is 0 Å². The smallest absolute Gasteiger partial charge is 0.314 e. The van der Waals surface area contributed by atoms with Crippen molar-refractivity contribution in [2.24, 2.45) is 0 Å². The topological polar surface area (TPSA) is 67.4 Å². The zero-order valence-corrected chi connectivity index (χ0v) is 12.7. The van der Waals surface area contributed by atoms with E-state index in [4.69, 9.17) is 4.74 Å². The summed E-state index contributed by atoms with van der Waals surface area (Å²) < 4.78 is 44.5. The van der Waals surface area contributed by atoms with E-state index in [0.29, 0.717) is 11.8 Å². The van der Waals surface area contributed by atoms with Gasteiger partial charge in [-0.1, -0.05) is 6.07 Å². The van der Waals surface area contributed by atoms with E-state index in [-0.39, 0.29) is 5.69 Å². The highest BCUT2D eigenvalue weighted by molar-refractivity contribution is 6.43. The molecule has 0 atom stereocenters. The molecule has 5 nitrogen and oxygen atoms in total. The zero-order valence-electron chi connectivity index (χ0n) is 12.7. The van der Waals surface area contributed by atoms with Crippen LogP contribution in [0.15, 0.2) is 30.3 Å². The highest BCUT2D eigenvalue weighted by atomic mass is 19.2. The molecule has 0 fully saturated rings. The molecule has 0 spiro atoms. The van der Waals surface area contributed by atoms with Crippen molar-refractivity contribution in [1.82, 2.24) is 0 Å². The molecule has 0 heterocycles. The van der Waals surface area contributed by atoms with E-state index in [0.717, 1.165) is 11.6 Å². The monoisotopic (exact) mass is 338 g/mol. The zero-order chi connectivity index (χ0) is 17.9. The third-order valence-corrected chi connectivity index (χ3v) is 3.09. The molecule has 0 aliphatic heterocycles. The van der Waals surface area contributed by atoms with Gasteiger partial charge in [0.1, 0.15) is 5.75 Å². The number of carbonyl (C=O) groups is 2. The van der Waals surface area contributed by atoms with E-state index in [2.05, 4.69) is 5.32 Å². The number of ether oxygens (including phenoxy) is 1. The maximum Gasteiger partial charge on any atom is 0.314 e. The second kappa shape index (κ2) is 7.03. The summed E-state index contributed by atoms with van der Waals surface area (Å²) in [5.74, 6) is -6.79. The fraction of sp³-hybridized carbons (Fsp3) is 0.125. The van der Waals surface area contributed by atoms with Gasteiger partial charge in [-0.3, -0.25) is 9.59 Å². The van der Waals surface area contributed by atoms with Crippen molar-refractivity contribution in [3.8, 4) is 5.75 Å². The van der Waals surface area contributed by atoms with Crippen molar-refractivity contribution in [2.45, 2.75) is 6.92 Å². The van der Waals surface area contributed by atoms with Crippen molar-refractivity contribution in [2.75, 3.05) is 17.7 Å². The Morgan fingerprint density at radius 1 is 0.917 bits per heavy atom. The summed E-state index contributed by atoms with van der Waals surface area (Å²) in [5, 5.41) is 4.18. The van der Waals surface area contributed by atoms with Gasteiger partial charge in [0.2, 0.25) is 0 Å². The summed E-state index contributed by atoms with van der Waals surface area (Å²) in [6.07, 6.45) is 0. The van der Waals surface area contributed by atoms with Crippen LogP contribution in [-0.4, -0.2) is 18.9 Å². The van der Waals surface area contributed by atoms with Crippen molar-refractivity contribution in [1.29, 1.82) is 0 Å². The number of anilines is 2. The Morgan fingerprint density at radius 2 is 1.54 bits per heavy atom. The van der Waals surface area contributed by atoms with Crippen LogP contribution in [-0.2, 0) is 9.59 Å². The molecule has 2 aromatic rings. The quantitative estimate of drug-likeness (QED) is 0.668. The maximum absolute atomic E-state index is 13.5. The fourth-order valence-corrected chi connectivity index (χ4v) is 1.90. The Balaban J connectivity index is 2.15. The molecule has 126 valence electrons. The van der Waals surface area contributed by atoms with Crippen LogP contribution in [0.3, 0.4) is 0 Å². The molecule has 2 rings (SSSR count). The number of nitrogens with one attached hydrogen (secondary N) is 2. The third-order valence-electron chi connectivity index (χ3n) is 3.09. The largest absolute Gasteiger partial charge is 0.495 e. The molecule has 24 heavy (non-hydrogen) atoms. The minimum absolute atomic E-state index is 0.239. The number of amides is 2. The van der Waals surface area contributed by atoms with Gasteiger partial charge in [0.25, 0.3) is 0 Å². The Bertz CT molecular complexity index is 809. The first kappa shape index (κ1) is 17.3. The average Bonchev–Trinajstić information content (AvgIpc) is 2.55. The molecule has 0 saturated carbocycles. The Kier molecular flexibility index (Phi) is 5.08. The SMILES string of the molecule is COc1ccc(C)cc1NC(=O)C(=O)Nc1ccc(F)c(F)c1F. The van der Waals surface area contributed by atoms with E-state index in [1.165, 1.54) is 7.11 Å². The van der Waals surface area contributed by atoms with Gasteiger partial charge in [0.15, 0.2) is 17.5 Å². The number of benzene rings is 2. The Labute approximate surface area is 135 Å². The number of carbonyl (C=O) groups excluding carboxylic acids is 2. The molecular weight excluding hydrogens is 325 g/mol. The van der Waals surface area contributed by atoms with Crippen LogP contribution in [0.2, 0.25) is 0 Å². The summed E-state index contributed by atoms with van der Waals surface area (Å²) in [4.78, 5) is 23.7. The first-order chi connectivity index (χ1) is 11.3. The van der Waals surface area contributed by atoms with Gasteiger partial charge in [0.05, 0.1) is 18.5 Å². The molecule has 2 aromatic carbocycles. The molecule has 0 bridgehead atoms. The van der Waals surface area contributed by atoms with Crippen LogP contribution >= 0.6 is 0 Å². The van der Waals surface area contributed by atoms with Crippen molar-refractivity contribution >= 4 is 23.2 Å². The van der Waals surface area contributed by atoms with Crippen LogP contribution < -0.4 is 15.4 Å². The lowest BCUT2D eigenvalue weighted by Gasteiger charge is -2.11. The summed E-state index contributed by atoms with van der Waals surface area (Å²) in [5.41, 5.74) is 0.395. The summed E-state index contributed by atoms with van der Waals surface area (Å²) in [6.45, 7) is 1.77. The first-order valence-corrected chi connectivity index (χ1v) is 6.74. The number of methoxy groups -OCH3 is 1. The molecule has 2 N–H and O–H groups in total. The number of hydrogen-bond acceptors (Lipinski definition) is 3. The Morgan fingerprint density at radius 3 is 2.17 bits per heavy atom. The summed E-state index contributed by atoms with van der Waals surface area (Å²) in [7, 11) is 1.39. The lowest BCUT2D eigenvalue weighted by atomic mass is 10.2. The predicted octanol–water partition coefficient (Wildman–Crippen LogP) is 3.00. The maximum atomic E-state index is 13.5. The minimum Gasteiger partial charge on any atom is -0.495 e. The van der Waals surface area contributed by atoms with Crippen LogP contribution in [0.25, 0.3) is 0 Å².